The van der Waals surface area contributed by atoms with Gasteiger partial charge in [0.2, 0.25) is 5.91 Å². The molecule has 3 aromatic rings. The summed E-state index contributed by atoms with van der Waals surface area (Å²) in [7, 11) is 1.29. The number of carbonyl (C=O) groups is 3. The van der Waals surface area contributed by atoms with Crippen molar-refractivity contribution in [2.45, 2.75) is 38.5 Å². The lowest BCUT2D eigenvalue weighted by atomic mass is 10.0. The molecule has 0 radical (unpaired) electrons. The van der Waals surface area contributed by atoms with Crippen LogP contribution in [0.1, 0.15) is 53.4 Å². The Kier molecular flexibility index (Phi) is 9.02. The second-order valence-corrected chi connectivity index (χ2v) is 8.96. The van der Waals surface area contributed by atoms with Crippen molar-refractivity contribution in [1.82, 2.24) is 20.1 Å². The van der Waals surface area contributed by atoms with E-state index in [0.717, 1.165) is 0 Å². The van der Waals surface area contributed by atoms with E-state index in [-0.39, 0.29) is 35.1 Å². The summed E-state index contributed by atoms with van der Waals surface area (Å²) in [5.74, 6) is -0.250. The number of thioether (sulfide) groups is 1. The van der Waals surface area contributed by atoms with Crippen molar-refractivity contribution in [3.8, 4) is 0 Å². The van der Waals surface area contributed by atoms with Gasteiger partial charge in [0.05, 0.1) is 30.2 Å². The van der Waals surface area contributed by atoms with E-state index >= 15 is 0 Å². The highest BCUT2D eigenvalue weighted by Crippen LogP contribution is 2.26. The fourth-order valence-corrected chi connectivity index (χ4v) is 4.28. The van der Waals surface area contributed by atoms with Gasteiger partial charge in [-0.1, -0.05) is 55.9 Å². The average Bonchev–Trinajstić information content (AvgIpc) is 3.28. The summed E-state index contributed by atoms with van der Waals surface area (Å²) in [5.41, 5.74) is 1.23. The van der Waals surface area contributed by atoms with Crippen molar-refractivity contribution in [1.29, 1.82) is 0 Å². The summed E-state index contributed by atoms with van der Waals surface area (Å²) in [4.78, 5) is 37.3. The minimum atomic E-state index is -0.527. The number of benzene rings is 2. The molecule has 0 aliphatic heterocycles. The van der Waals surface area contributed by atoms with Crippen molar-refractivity contribution < 1.29 is 19.1 Å². The number of amides is 2. The molecule has 0 fully saturated rings. The summed E-state index contributed by atoms with van der Waals surface area (Å²) in [6, 6.07) is 15.3. The van der Waals surface area contributed by atoms with Gasteiger partial charge in [-0.3, -0.25) is 9.59 Å². The van der Waals surface area contributed by atoms with Crippen LogP contribution in [0.5, 0.6) is 0 Å². The van der Waals surface area contributed by atoms with E-state index in [1.807, 2.05) is 43.5 Å². The number of carbonyl (C=O) groups excluding carboxylic acids is 3. The van der Waals surface area contributed by atoms with Crippen molar-refractivity contribution in [3.63, 3.8) is 0 Å². The Morgan fingerprint density at radius 1 is 1.03 bits per heavy atom. The van der Waals surface area contributed by atoms with E-state index in [0.29, 0.717) is 28.8 Å². The number of para-hydroxylation sites is 1. The summed E-state index contributed by atoms with van der Waals surface area (Å²) in [5, 5.41) is 15.0. The van der Waals surface area contributed by atoms with Crippen LogP contribution in [0.2, 0.25) is 0 Å². The summed E-state index contributed by atoms with van der Waals surface area (Å²) >= 11 is 1.23. The third kappa shape index (κ3) is 6.48. The van der Waals surface area contributed by atoms with Crippen LogP contribution >= 0.6 is 11.8 Å². The standard InChI is InChI=1S/C25H29N5O4S/c1-5-30-22(21(16(2)3)27-23(32)17-11-7-6-8-12-17)28-29-25(30)35-15-20(31)26-19-14-10-9-13-18(19)24(33)34-4/h6-14,16,21H,5,15H2,1-4H3,(H,26,31)(H,27,32)/t21-/m1/s1. The summed E-state index contributed by atoms with van der Waals surface area (Å²) in [6.07, 6.45) is 0. The number of hydrogen-bond donors (Lipinski definition) is 2. The molecule has 2 N–H and O–H groups in total. The molecule has 35 heavy (non-hydrogen) atoms. The molecule has 0 spiro atoms. The molecular weight excluding hydrogens is 466 g/mol. The Morgan fingerprint density at radius 3 is 2.37 bits per heavy atom. The molecule has 2 amide bonds. The number of hydrogen-bond acceptors (Lipinski definition) is 7. The molecule has 1 heterocycles. The lowest BCUT2D eigenvalue weighted by Crippen LogP contribution is -2.33. The molecule has 3 rings (SSSR count). The number of ether oxygens (including phenoxy) is 1. The SMILES string of the molecule is CCn1c(SCC(=O)Nc2ccccc2C(=O)OC)nnc1[C@H](NC(=O)c1ccccc1)C(C)C. The largest absolute Gasteiger partial charge is 0.465 e. The van der Waals surface area contributed by atoms with E-state index in [2.05, 4.69) is 20.8 Å². The number of nitrogens with one attached hydrogen (secondary N) is 2. The van der Waals surface area contributed by atoms with E-state index < -0.39 is 5.97 Å². The van der Waals surface area contributed by atoms with Crippen LogP contribution in [0.25, 0.3) is 0 Å². The van der Waals surface area contributed by atoms with Crippen LogP contribution in [0.4, 0.5) is 5.69 Å². The molecule has 0 aliphatic carbocycles. The fourth-order valence-electron chi connectivity index (χ4n) is 3.47. The van der Waals surface area contributed by atoms with Crippen LogP contribution in [0.3, 0.4) is 0 Å². The average molecular weight is 496 g/mol. The summed E-state index contributed by atoms with van der Waals surface area (Å²) in [6.45, 7) is 6.54. The van der Waals surface area contributed by atoms with E-state index in [4.69, 9.17) is 4.74 Å². The Bertz CT molecular complexity index is 1180. The Labute approximate surface area is 208 Å². The second kappa shape index (κ2) is 12.2. The van der Waals surface area contributed by atoms with Gasteiger partial charge >= 0.3 is 5.97 Å². The zero-order valence-corrected chi connectivity index (χ0v) is 21.0. The van der Waals surface area contributed by atoms with Gasteiger partial charge in [-0.25, -0.2) is 4.79 Å². The molecule has 0 unspecified atom stereocenters. The predicted molar refractivity (Wildman–Crippen MR) is 134 cm³/mol. The lowest BCUT2D eigenvalue weighted by Gasteiger charge is -2.22. The first-order valence-electron chi connectivity index (χ1n) is 11.2. The number of rotatable bonds is 10. The molecule has 10 heteroatoms. The Balaban J connectivity index is 1.71. The number of aromatic nitrogens is 3. The molecule has 0 saturated carbocycles. The molecular formula is C25H29N5O4S. The lowest BCUT2D eigenvalue weighted by molar-refractivity contribution is -0.113. The van der Waals surface area contributed by atoms with Crippen LogP contribution < -0.4 is 10.6 Å². The zero-order valence-electron chi connectivity index (χ0n) is 20.1. The first-order valence-corrected chi connectivity index (χ1v) is 12.2. The zero-order chi connectivity index (χ0) is 25.4. The van der Waals surface area contributed by atoms with Crippen molar-refractivity contribution in [2.24, 2.45) is 5.92 Å². The smallest absolute Gasteiger partial charge is 0.339 e. The molecule has 1 aromatic heterocycles. The second-order valence-electron chi connectivity index (χ2n) is 8.02. The van der Waals surface area contributed by atoms with E-state index in [9.17, 15) is 14.4 Å². The van der Waals surface area contributed by atoms with Gasteiger partial charge in [-0.15, -0.1) is 10.2 Å². The van der Waals surface area contributed by atoms with Crippen LogP contribution in [0, 0.1) is 5.92 Å². The fraction of sp³-hybridized carbons (Fsp3) is 0.320. The maximum absolute atomic E-state index is 12.8. The molecule has 2 aromatic carbocycles. The molecule has 1 atom stereocenters. The molecule has 0 saturated heterocycles. The third-order valence-corrected chi connectivity index (χ3v) is 6.23. The van der Waals surface area contributed by atoms with Gasteiger partial charge < -0.3 is 19.9 Å². The van der Waals surface area contributed by atoms with Gasteiger partial charge in [0.25, 0.3) is 5.91 Å². The van der Waals surface area contributed by atoms with Gasteiger partial charge in [0.15, 0.2) is 11.0 Å². The topological polar surface area (TPSA) is 115 Å². The van der Waals surface area contributed by atoms with Crippen molar-refractivity contribution in [2.75, 3.05) is 18.2 Å². The number of methoxy groups -OCH3 is 1. The molecule has 184 valence electrons. The summed E-state index contributed by atoms with van der Waals surface area (Å²) < 4.78 is 6.67. The minimum Gasteiger partial charge on any atom is -0.465 e. The number of anilines is 1. The minimum absolute atomic E-state index is 0.0631. The monoisotopic (exact) mass is 495 g/mol. The predicted octanol–water partition coefficient (Wildman–Crippen LogP) is 3.94. The number of nitrogens with zero attached hydrogens (tertiary/aromatic N) is 3. The third-order valence-electron chi connectivity index (χ3n) is 5.27. The van der Waals surface area contributed by atoms with Gasteiger partial charge in [-0.05, 0) is 37.1 Å². The molecule has 0 bridgehead atoms. The highest BCUT2D eigenvalue weighted by molar-refractivity contribution is 7.99. The van der Waals surface area contributed by atoms with Crippen molar-refractivity contribution in [3.05, 3.63) is 71.5 Å². The van der Waals surface area contributed by atoms with Gasteiger partial charge in [-0.2, -0.15) is 0 Å². The maximum atomic E-state index is 12.8. The van der Waals surface area contributed by atoms with Gasteiger partial charge in [0, 0.05) is 12.1 Å². The normalized spacial score (nSPS) is 11.7. The van der Waals surface area contributed by atoms with E-state index in [1.165, 1.54) is 18.9 Å². The quantitative estimate of drug-likeness (QED) is 0.323. The highest BCUT2D eigenvalue weighted by Gasteiger charge is 2.26. The Hall–Kier alpha value is -3.66. The molecule has 9 nitrogen and oxygen atoms in total. The number of esters is 1. The highest BCUT2D eigenvalue weighted by atomic mass is 32.2. The maximum Gasteiger partial charge on any atom is 0.339 e. The van der Waals surface area contributed by atoms with E-state index in [1.54, 1.807) is 36.4 Å². The Morgan fingerprint density at radius 2 is 1.71 bits per heavy atom. The first kappa shape index (κ1) is 26.0. The van der Waals surface area contributed by atoms with Crippen LogP contribution in [0.15, 0.2) is 59.8 Å². The van der Waals surface area contributed by atoms with Gasteiger partial charge in [0.1, 0.15) is 0 Å². The van der Waals surface area contributed by atoms with Crippen LogP contribution in [-0.4, -0.2) is 45.4 Å². The van der Waals surface area contributed by atoms with Crippen LogP contribution in [-0.2, 0) is 16.1 Å². The van der Waals surface area contributed by atoms with Crippen molar-refractivity contribution >= 4 is 35.2 Å². The first-order chi connectivity index (χ1) is 16.8. The molecule has 0 aliphatic rings.